The summed E-state index contributed by atoms with van der Waals surface area (Å²) in [6.07, 6.45) is 8.28. The number of aromatic amines is 1. The highest BCUT2D eigenvalue weighted by Gasteiger charge is 2.59. The quantitative estimate of drug-likeness (QED) is 0.860. The highest BCUT2D eigenvalue weighted by atomic mass is 16.5. The standard InChI is InChI=1S/C20H30N2O3/c1-4-10-22(19(24)15-13-21-14(3)11-16(15)23)17-12-18(25-5-2)20(17)8-6-7-9-20/h11,13,17-18H,4-10,12H2,1-3H3,(H,21,23). The second-order valence-electron chi connectivity index (χ2n) is 7.53. The van der Waals surface area contributed by atoms with Crippen LogP contribution in [0.15, 0.2) is 17.1 Å². The molecular formula is C20H30N2O3. The number of carbonyl (C=O) groups excluding carboxylic acids is 1. The number of H-pyrrole nitrogens is 1. The lowest BCUT2D eigenvalue weighted by atomic mass is 9.59. The zero-order valence-electron chi connectivity index (χ0n) is 15.6. The first-order valence-corrected chi connectivity index (χ1v) is 9.65. The summed E-state index contributed by atoms with van der Waals surface area (Å²) in [6, 6.07) is 1.70. The molecule has 2 saturated carbocycles. The van der Waals surface area contributed by atoms with Crippen LogP contribution in [0.5, 0.6) is 0 Å². The number of carbonyl (C=O) groups is 1. The molecule has 0 saturated heterocycles. The van der Waals surface area contributed by atoms with Crippen molar-refractivity contribution in [1.29, 1.82) is 0 Å². The van der Waals surface area contributed by atoms with E-state index in [9.17, 15) is 9.59 Å². The Morgan fingerprint density at radius 1 is 1.36 bits per heavy atom. The molecule has 25 heavy (non-hydrogen) atoms. The van der Waals surface area contributed by atoms with Crippen LogP contribution in [0.3, 0.4) is 0 Å². The zero-order valence-corrected chi connectivity index (χ0v) is 15.6. The lowest BCUT2D eigenvalue weighted by Gasteiger charge is -2.57. The molecule has 1 spiro atoms. The van der Waals surface area contributed by atoms with Crippen molar-refractivity contribution in [1.82, 2.24) is 9.88 Å². The third-order valence-electron chi connectivity index (χ3n) is 6.03. The van der Waals surface area contributed by atoms with Crippen molar-refractivity contribution in [3.63, 3.8) is 0 Å². The lowest BCUT2D eigenvalue weighted by molar-refractivity contribution is -0.156. The van der Waals surface area contributed by atoms with Crippen LogP contribution in [0.1, 0.15) is 68.4 Å². The Balaban J connectivity index is 1.88. The molecule has 1 N–H and O–H groups in total. The maximum Gasteiger partial charge on any atom is 0.259 e. The van der Waals surface area contributed by atoms with E-state index in [1.807, 2.05) is 18.7 Å². The van der Waals surface area contributed by atoms with Gasteiger partial charge in [0.1, 0.15) is 5.56 Å². The van der Waals surface area contributed by atoms with Crippen LogP contribution < -0.4 is 5.43 Å². The highest BCUT2D eigenvalue weighted by molar-refractivity contribution is 5.94. The third-order valence-corrected chi connectivity index (χ3v) is 6.03. The Labute approximate surface area is 149 Å². The number of nitrogens with one attached hydrogen (secondary N) is 1. The topological polar surface area (TPSA) is 62.4 Å². The van der Waals surface area contributed by atoms with Crippen LogP contribution in [0.4, 0.5) is 0 Å². The molecule has 1 heterocycles. The predicted molar refractivity (Wildman–Crippen MR) is 97.8 cm³/mol. The Kier molecular flexibility index (Phi) is 5.32. The number of aromatic nitrogens is 1. The maximum absolute atomic E-state index is 13.2. The molecule has 138 valence electrons. The Hall–Kier alpha value is -1.62. The average Bonchev–Trinajstić information content (AvgIpc) is 3.09. The van der Waals surface area contributed by atoms with E-state index in [-0.39, 0.29) is 34.5 Å². The molecule has 0 bridgehead atoms. The summed E-state index contributed by atoms with van der Waals surface area (Å²) < 4.78 is 5.99. The smallest absolute Gasteiger partial charge is 0.259 e. The molecule has 1 amide bonds. The van der Waals surface area contributed by atoms with Crippen molar-refractivity contribution in [2.45, 2.75) is 71.4 Å². The van der Waals surface area contributed by atoms with Gasteiger partial charge in [-0.2, -0.15) is 0 Å². The maximum atomic E-state index is 13.2. The molecule has 1 aromatic rings. The van der Waals surface area contributed by atoms with E-state index in [1.54, 1.807) is 6.20 Å². The van der Waals surface area contributed by atoms with E-state index in [0.717, 1.165) is 38.0 Å². The molecule has 2 fully saturated rings. The molecule has 5 heteroatoms. The van der Waals surface area contributed by atoms with Gasteiger partial charge in [-0.15, -0.1) is 0 Å². The van der Waals surface area contributed by atoms with Crippen molar-refractivity contribution in [3.8, 4) is 0 Å². The van der Waals surface area contributed by atoms with Gasteiger partial charge in [-0.3, -0.25) is 9.59 Å². The van der Waals surface area contributed by atoms with Crippen LogP contribution in [0.25, 0.3) is 0 Å². The van der Waals surface area contributed by atoms with Gasteiger partial charge in [0, 0.05) is 42.6 Å². The Morgan fingerprint density at radius 3 is 2.68 bits per heavy atom. The summed E-state index contributed by atoms with van der Waals surface area (Å²) in [7, 11) is 0. The summed E-state index contributed by atoms with van der Waals surface area (Å²) >= 11 is 0. The van der Waals surface area contributed by atoms with E-state index in [4.69, 9.17) is 4.74 Å². The molecule has 0 aromatic carbocycles. The van der Waals surface area contributed by atoms with Gasteiger partial charge in [0.2, 0.25) is 0 Å². The Bertz CT molecular complexity index is 676. The van der Waals surface area contributed by atoms with Crippen molar-refractivity contribution < 1.29 is 9.53 Å². The minimum Gasteiger partial charge on any atom is -0.378 e. The molecule has 0 aliphatic heterocycles. The van der Waals surface area contributed by atoms with Gasteiger partial charge in [0.05, 0.1) is 6.10 Å². The number of ether oxygens (including phenoxy) is 1. The molecule has 2 aliphatic carbocycles. The molecule has 3 rings (SSSR count). The first kappa shape index (κ1) is 18.2. The van der Waals surface area contributed by atoms with Crippen LogP contribution in [-0.2, 0) is 4.74 Å². The first-order valence-electron chi connectivity index (χ1n) is 9.65. The summed E-state index contributed by atoms with van der Waals surface area (Å²) in [5, 5.41) is 0. The number of aryl methyl sites for hydroxylation is 1. The fourth-order valence-corrected chi connectivity index (χ4v) is 4.82. The van der Waals surface area contributed by atoms with Crippen molar-refractivity contribution >= 4 is 5.91 Å². The van der Waals surface area contributed by atoms with Gasteiger partial charge < -0.3 is 14.6 Å². The molecule has 5 nitrogen and oxygen atoms in total. The highest BCUT2D eigenvalue weighted by Crippen LogP contribution is 2.56. The third kappa shape index (κ3) is 3.14. The zero-order chi connectivity index (χ0) is 18.0. The van der Waals surface area contributed by atoms with Crippen molar-refractivity contribution in [2.75, 3.05) is 13.2 Å². The van der Waals surface area contributed by atoms with E-state index in [2.05, 4.69) is 11.9 Å². The number of hydrogen-bond donors (Lipinski definition) is 1. The normalized spacial score (nSPS) is 24.3. The number of amides is 1. The summed E-state index contributed by atoms with van der Waals surface area (Å²) in [4.78, 5) is 30.4. The van der Waals surface area contributed by atoms with Crippen LogP contribution in [0.2, 0.25) is 0 Å². The molecule has 1 aromatic heterocycles. The van der Waals surface area contributed by atoms with Crippen molar-refractivity contribution in [2.24, 2.45) is 5.41 Å². The van der Waals surface area contributed by atoms with Gasteiger partial charge in [0.25, 0.3) is 5.91 Å². The molecule has 2 atom stereocenters. The fourth-order valence-electron chi connectivity index (χ4n) is 4.82. The van der Waals surface area contributed by atoms with Gasteiger partial charge in [-0.05, 0) is 39.5 Å². The van der Waals surface area contributed by atoms with Gasteiger partial charge >= 0.3 is 0 Å². The summed E-state index contributed by atoms with van der Waals surface area (Å²) in [5.41, 5.74) is 0.935. The minimum atomic E-state index is -0.191. The summed E-state index contributed by atoms with van der Waals surface area (Å²) in [5.74, 6) is -0.130. The molecule has 2 unspecified atom stereocenters. The number of pyridine rings is 1. The second kappa shape index (κ2) is 7.32. The predicted octanol–water partition coefficient (Wildman–Crippen LogP) is 3.27. The second-order valence-corrected chi connectivity index (χ2v) is 7.53. The summed E-state index contributed by atoms with van der Waals surface area (Å²) in [6.45, 7) is 7.36. The first-order chi connectivity index (χ1) is 12.0. The molecule has 2 aliphatic rings. The largest absolute Gasteiger partial charge is 0.378 e. The number of nitrogens with zero attached hydrogens (tertiary/aromatic N) is 1. The average molecular weight is 346 g/mol. The SMILES string of the molecule is CCCN(C(=O)c1c[nH]c(C)cc1=O)C1CC(OCC)C12CCCC2. The monoisotopic (exact) mass is 346 g/mol. The lowest BCUT2D eigenvalue weighted by Crippen LogP contribution is -2.65. The minimum absolute atomic E-state index is 0.0955. The number of hydrogen-bond acceptors (Lipinski definition) is 3. The van der Waals surface area contributed by atoms with Gasteiger partial charge in [-0.1, -0.05) is 19.8 Å². The van der Waals surface area contributed by atoms with Crippen LogP contribution in [0, 0.1) is 12.3 Å². The van der Waals surface area contributed by atoms with Crippen LogP contribution in [-0.4, -0.2) is 41.1 Å². The van der Waals surface area contributed by atoms with E-state index in [1.165, 1.54) is 18.9 Å². The van der Waals surface area contributed by atoms with E-state index >= 15 is 0 Å². The van der Waals surface area contributed by atoms with Crippen LogP contribution >= 0.6 is 0 Å². The molecular weight excluding hydrogens is 316 g/mol. The van der Waals surface area contributed by atoms with Gasteiger partial charge in [-0.25, -0.2) is 0 Å². The van der Waals surface area contributed by atoms with Crippen molar-refractivity contribution in [3.05, 3.63) is 33.7 Å². The Morgan fingerprint density at radius 2 is 2.08 bits per heavy atom. The van der Waals surface area contributed by atoms with E-state index in [0.29, 0.717) is 6.54 Å². The van der Waals surface area contributed by atoms with Gasteiger partial charge in [0.15, 0.2) is 5.43 Å². The van der Waals surface area contributed by atoms with E-state index < -0.39 is 0 Å². The molecule has 0 radical (unpaired) electrons. The fraction of sp³-hybridized carbons (Fsp3) is 0.700. The number of rotatable bonds is 6.